The summed E-state index contributed by atoms with van der Waals surface area (Å²) in [6.07, 6.45) is 12.1. The van der Waals surface area contributed by atoms with Crippen LogP contribution in [0.2, 0.25) is 0 Å². The Labute approximate surface area is 79.3 Å². The van der Waals surface area contributed by atoms with Crippen molar-refractivity contribution in [1.82, 2.24) is 0 Å². The molecule has 0 unspecified atom stereocenters. The fraction of sp³-hybridized carbons (Fsp3) is 0.600. The van der Waals surface area contributed by atoms with Crippen LogP contribution in [-0.4, -0.2) is 4.92 Å². The van der Waals surface area contributed by atoms with Gasteiger partial charge in [-0.15, -0.1) is 0 Å². The summed E-state index contributed by atoms with van der Waals surface area (Å²) < 4.78 is 0. The molecule has 0 aliphatic rings. The van der Waals surface area contributed by atoms with E-state index in [0.29, 0.717) is 0 Å². The molecule has 3 heteroatoms. The van der Waals surface area contributed by atoms with E-state index in [1.165, 1.54) is 31.8 Å². The molecule has 0 N–H and O–H groups in total. The van der Waals surface area contributed by atoms with E-state index < -0.39 is 4.92 Å². The zero-order valence-corrected chi connectivity index (χ0v) is 8.11. The Morgan fingerprint density at radius 1 is 1.23 bits per heavy atom. The van der Waals surface area contributed by atoms with Crippen molar-refractivity contribution in [3.8, 4) is 0 Å². The van der Waals surface area contributed by atoms with E-state index in [-0.39, 0.29) is 0 Å². The summed E-state index contributed by atoms with van der Waals surface area (Å²) in [5, 5.41) is 9.86. The second-order valence-corrected chi connectivity index (χ2v) is 2.90. The lowest BCUT2D eigenvalue weighted by Gasteiger charge is -1.92. The average Bonchev–Trinajstić information content (AvgIpc) is 2.09. The first-order chi connectivity index (χ1) is 6.27. The van der Waals surface area contributed by atoms with Crippen LogP contribution in [0.1, 0.15) is 39.0 Å². The molecule has 0 rings (SSSR count). The largest absolute Gasteiger partial charge is 0.259 e. The van der Waals surface area contributed by atoms with Gasteiger partial charge >= 0.3 is 0 Å². The van der Waals surface area contributed by atoms with Crippen LogP contribution in [0, 0.1) is 10.1 Å². The van der Waals surface area contributed by atoms with Crippen LogP contribution in [0.3, 0.4) is 0 Å². The minimum absolute atomic E-state index is 0.457. The van der Waals surface area contributed by atoms with Crippen LogP contribution in [0.5, 0.6) is 0 Å². The molecule has 0 saturated carbocycles. The summed E-state index contributed by atoms with van der Waals surface area (Å²) in [4.78, 5) is 9.40. The predicted molar refractivity (Wildman–Crippen MR) is 54.0 cm³/mol. The molecule has 0 radical (unpaired) electrons. The topological polar surface area (TPSA) is 43.1 Å². The number of nitro groups is 1. The van der Waals surface area contributed by atoms with Crippen molar-refractivity contribution in [3.05, 3.63) is 34.5 Å². The summed E-state index contributed by atoms with van der Waals surface area (Å²) >= 11 is 0. The summed E-state index contributed by atoms with van der Waals surface area (Å²) in [7, 11) is 0. The average molecular weight is 183 g/mol. The number of hydrogen-bond donors (Lipinski definition) is 0. The van der Waals surface area contributed by atoms with Gasteiger partial charge in [-0.05, 0) is 12.8 Å². The first-order valence-corrected chi connectivity index (χ1v) is 4.74. The van der Waals surface area contributed by atoms with Gasteiger partial charge in [0, 0.05) is 6.08 Å². The molecule has 0 spiro atoms. The maximum absolute atomic E-state index is 9.86. The molecular formula is C10H17NO2. The molecule has 0 fully saturated rings. The predicted octanol–water partition coefficient (Wildman–Crippen LogP) is 3.30. The molecule has 13 heavy (non-hydrogen) atoms. The molecule has 0 saturated heterocycles. The zero-order chi connectivity index (χ0) is 9.94. The van der Waals surface area contributed by atoms with Crippen molar-refractivity contribution in [2.45, 2.75) is 39.0 Å². The van der Waals surface area contributed by atoms with Crippen molar-refractivity contribution in [1.29, 1.82) is 0 Å². The van der Waals surface area contributed by atoms with Gasteiger partial charge in [0.2, 0.25) is 6.20 Å². The van der Waals surface area contributed by atoms with E-state index in [9.17, 15) is 10.1 Å². The minimum atomic E-state index is -0.457. The number of hydrogen-bond acceptors (Lipinski definition) is 2. The van der Waals surface area contributed by atoms with E-state index in [2.05, 4.69) is 6.92 Å². The highest BCUT2D eigenvalue weighted by molar-refractivity contribution is 4.99. The quantitative estimate of drug-likeness (QED) is 0.263. The third kappa shape index (κ3) is 10.9. The van der Waals surface area contributed by atoms with Crippen LogP contribution in [0.25, 0.3) is 0 Å². The maximum atomic E-state index is 9.86. The second-order valence-electron chi connectivity index (χ2n) is 2.90. The number of unbranched alkanes of at least 4 members (excludes halogenated alkanes) is 4. The first kappa shape index (κ1) is 11.9. The molecule has 0 aromatic rings. The minimum Gasteiger partial charge on any atom is -0.259 e. The van der Waals surface area contributed by atoms with Gasteiger partial charge in [-0.2, -0.15) is 0 Å². The van der Waals surface area contributed by atoms with Gasteiger partial charge in [-0.3, -0.25) is 10.1 Å². The summed E-state index contributed by atoms with van der Waals surface area (Å²) in [5.74, 6) is 0. The smallest absolute Gasteiger partial charge is 0.234 e. The molecule has 0 atom stereocenters. The SMILES string of the molecule is CCCCCC/C=C/C=C/[N+](=O)[O-]. The van der Waals surface area contributed by atoms with Gasteiger partial charge in [0.15, 0.2) is 0 Å². The van der Waals surface area contributed by atoms with E-state index in [1.54, 1.807) is 6.08 Å². The lowest BCUT2D eigenvalue weighted by Crippen LogP contribution is -1.80. The molecule has 0 aliphatic heterocycles. The molecular weight excluding hydrogens is 166 g/mol. The van der Waals surface area contributed by atoms with Crippen molar-refractivity contribution >= 4 is 0 Å². The van der Waals surface area contributed by atoms with Crippen LogP contribution < -0.4 is 0 Å². The van der Waals surface area contributed by atoms with Gasteiger partial charge in [-0.1, -0.05) is 38.3 Å². The van der Waals surface area contributed by atoms with Crippen molar-refractivity contribution < 1.29 is 4.92 Å². The fourth-order valence-corrected chi connectivity index (χ4v) is 0.984. The third-order valence-corrected chi connectivity index (χ3v) is 1.68. The van der Waals surface area contributed by atoms with Gasteiger partial charge in [0.1, 0.15) is 0 Å². The van der Waals surface area contributed by atoms with Crippen molar-refractivity contribution in [2.75, 3.05) is 0 Å². The Bertz CT molecular complexity index is 185. The highest BCUT2D eigenvalue weighted by Crippen LogP contribution is 2.02. The van der Waals surface area contributed by atoms with E-state index in [0.717, 1.165) is 12.6 Å². The normalized spacial score (nSPS) is 11.5. The molecule has 0 bridgehead atoms. The highest BCUT2D eigenvalue weighted by Gasteiger charge is 1.84. The highest BCUT2D eigenvalue weighted by atomic mass is 16.6. The van der Waals surface area contributed by atoms with E-state index >= 15 is 0 Å². The second kappa shape index (κ2) is 8.97. The van der Waals surface area contributed by atoms with Crippen LogP contribution in [-0.2, 0) is 0 Å². The summed E-state index contributed by atoms with van der Waals surface area (Å²) in [5.41, 5.74) is 0. The Morgan fingerprint density at radius 3 is 2.62 bits per heavy atom. The van der Waals surface area contributed by atoms with Crippen LogP contribution in [0.4, 0.5) is 0 Å². The third-order valence-electron chi connectivity index (χ3n) is 1.68. The number of allylic oxidation sites excluding steroid dienone is 3. The molecule has 3 nitrogen and oxygen atoms in total. The zero-order valence-electron chi connectivity index (χ0n) is 8.11. The molecule has 0 aromatic heterocycles. The van der Waals surface area contributed by atoms with Crippen LogP contribution >= 0.6 is 0 Å². The van der Waals surface area contributed by atoms with Crippen LogP contribution in [0.15, 0.2) is 24.4 Å². The molecule has 0 heterocycles. The lowest BCUT2D eigenvalue weighted by molar-refractivity contribution is -0.402. The maximum Gasteiger partial charge on any atom is 0.234 e. The molecule has 74 valence electrons. The van der Waals surface area contributed by atoms with Crippen molar-refractivity contribution in [2.24, 2.45) is 0 Å². The van der Waals surface area contributed by atoms with E-state index in [4.69, 9.17) is 0 Å². The summed E-state index contributed by atoms with van der Waals surface area (Å²) in [6.45, 7) is 2.18. The lowest BCUT2D eigenvalue weighted by atomic mass is 10.1. The van der Waals surface area contributed by atoms with Gasteiger partial charge in [-0.25, -0.2) is 0 Å². The first-order valence-electron chi connectivity index (χ1n) is 4.74. The van der Waals surface area contributed by atoms with Crippen molar-refractivity contribution in [3.63, 3.8) is 0 Å². The Kier molecular flexibility index (Phi) is 8.20. The molecule has 0 aliphatic carbocycles. The Balaban J connectivity index is 3.26. The molecule has 0 amide bonds. The molecule has 0 aromatic carbocycles. The standard InChI is InChI=1S/C10H17NO2/c1-2-3-4-5-6-7-8-9-10-11(12)13/h7-10H,2-6H2,1H3/b8-7+,10-9+. The monoisotopic (exact) mass is 183 g/mol. The summed E-state index contributed by atoms with van der Waals surface area (Å²) in [6, 6.07) is 0. The Hall–Kier alpha value is -1.12. The van der Waals surface area contributed by atoms with Gasteiger partial charge < -0.3 is 0 Å². The van der Waals surface area contributed by atoms with Gasteiger partial charge in [0.25, 0.3) is 0 Å². The number of nitrogens with zero attached hydrogens (tertiary/aromatic N) is 1. The van der Waals surface area contributed by atoms with Gasteiger partial charge in [0.05, 0.1) is 4.92 Å². The van der Waals surface area contributed by atoms with E-state index in [1.807, 2.05) is 6.08 Å². The number of rotatable bonds is 7. The Morgan fingerprint density at radius 2 is 2.00 bits per heavy atom. The fourth-order valence-electron chi connectivity index (χ4n) is 0.984.